The molecule has 0 aliphatic carbocycles. The number of likely N-dealkylation sites (N-methyl/N-ethyl adjacent to an activating group) is 1. The van der Waals surface area contributed by atoms with E-state index in [9.17, 15) is 10.1 Å². The van der Waals surface area contributed by atoms with Gasteiger partial charge in [-0.3, -0.25) is 10.3 Å². The van der Waals surface area contributed by atoms with Crippen molar-refractivity contribution in [1.29, 1.82) is 5.26 Å². The molecule has 7 rings (SSSR count). The number of carbonyl (C=O) groups is 1. The van der Waals surface area contributed by atoms with Crippen molar-refractivity contribution in [2.24, 2.45) is 0 Å². The van der Waals surface area contributed by atoms with Crippen molar-refractivity contribution in [1.82, 2.24) is 19.9 Å². The van der Waals surface area contributed by atoms with E-state index in [0.29, 0.717) is 22.9 Å². The Morgan fingerprint density at radius 3 is 2.70 bits per heavy atom. The number of hydrogen-bond donors (Lipinski definition) is 1. The van der Waals surface area contributed by atoms with Gasteiger partial charge in [-0.05, 0) is 51.8 Å². The van der Waals surface area contributed by atoms with Crippen molar-refractivity contribution >= 4 is 49.4 Å². The van der Waals surface area contributed by atoms with Crippen LogP contribution in [0.3, 0.4) is 0 Å². The minimum Gasteiger partial charge on any atom is -0.444 e. The van der Waals surface area contributed by atoms with Crippen molar-refractivity contribution in [2.75, 3.05) is 30.4 Å². The molecule has 0 bridgehead atoms. The Balaban J connectivity index is 1.40. The lowest BCUT2D eigenvalue weighted by Gasteiger charge is -2.24. The molecular weight excluding hydrogens is 576 g/mol. The lowest BCUT2D eigenvalue weighted by atomic mass is 9.94. The van der Waals surface area contributed by atoms with Gasteiger partial charge in [0.2, 0.25) is 5.95 Å². The van der Waals surface area contributed by atoms with Gasteiger partial charge in [0, 0.05) is 47.7 Å². The second-order valence-corrected chi connectivity index (χ2v) is 13.2. The fraction of sp³-hybridized carbons (Fsp3) is 0.433. The molecule has 13 heteroatoms. The molecule has 0 spiro atoms. The summed E-state index contributed by atoms with van der Waals surface area (Å²) < 4.78 is 43.1. The predicted octanol–water partition coefficient (Wildman–Crippen LogP) is 5.72. The molecule has 2 atom stereocenters. The van der Waals surface area contributed by atoms with Crippen LogP contribution in [0, 0.1) is 23.0 Å². The molecule has 3 aliphatic heterocycles. The van der Waals surface area contributed by atoms with Gasteiger partial charge in [-0.2, -0.15) is 5.26 Å². The van der Waals surface area contributed by atoms with Crippen molar-refractivity contribution in [3.8, 4) is 17.3 Å². The molecule has 3 aliphatic rings. The lowest BCUT2D eigenvalue weighted by molar-refractivity contribution is 0.0636. The Kier molecular flexibility index (Phi) is 6.50. The standard InChI is InChI=1S/C30H29F2N7O3S/c1-30(2,3)42-29(40)37-27-14(9-33)22-25(34-11-18(31)26(22)43-27)21-17-13-41-12-16(17)15-10-35-28(36-24(15)23(21)32)39-8-6-19-20(39)5-7-38(19)4/h10-11,19-20H,5-8,12-13H2,1-4H3,(H,37,40). The van der Waals surface area contributed by atoms with Crippen molar-refractivity contribution in [3.05, 3.63) is 40.7 Å². The highest BCUT2D eigenvalue weighted by molar-refractivity contribution is 7.23. The van der Waals surface area contributed by atoms with E-state index in [2.05, 4.69) is 38.2 Å². The van der Waals surface area contributed by atoms with Crippen LogP contribution in [-0.2, 0) is 22.7 Å². The van der Waals surface area contributed by atoms with E-state index >= 15 is 8.78 Å². The highest BCUT2D eigenvalue weighted by Gasteiger charge is 2.42. The van der Waals surface area contributed by atoms with E-state index in [0.717, 1.165) is 49.0 Å². The predicted molar refractivity (Wildman–Crippen MR) is 158 cm³/mol. The maximum atomic E-state index is 16.8. The fourth-order valence-corrected chi connectivity index (χ4v) is 7.63. The first-order valence-corrected chi connectivity index (χ1v) is 14.9. The van der Waals surface area contributed by atoms with E-state index in [1.165, 1.54) is 0 Å². The number of ether oxygens (including phenoxy) is 2. The number of aromatic nitrogens is 3. The molecule has 0 saturated carbocycles. The van der Waals surface area contributed by atoms with Crippen molar-refractivity contribution in [2.45, 2.75) is 64.5 Å². The van der Waals surface area contributed by atoms with Crippen LogP contribution in [0.25, 0.3) is 32.2 Å². The number of thiophene rings is 1. The Labute approximate surface area is 250 Å². The molecule has 2 saturated heterocycles. The van der Waals surface area contributed by atoms with E-state index < -0.39 is 23.3 Å². The minimum absolute atomic E-state index is 0.0307. The zero-order valence-electron chi connectivity index (χ0n) is 24.1. The quantitative estimate of drug-likeness (QED) is 0.313. The number of nitrogens with zero attached hydrogens (tertiary/aromatic N) is 6. The van der Waals surface area contributed by atoms with Crippen molar-refractivity contribution in [3.63, 3.8) is 0 Å². The van der Waals surface area contributed by atoms with Crippen LogP contribution < -0.4 is 10.2 Å². The molecule has 222 valence electrons. The van der Waals surface area contributed by atoms with Crippen LogP contribution in [0.4, 0.5) is 24.5 Å². The van der Waals surface area contributed by atoms with Crippen LogP contribution in [-0.4, -0.2) is 63.8 Å². The number of halogens is 2. The van der Waals surface area contributed by atoms with Gasteiger partial charge < -0.3 is 19.3 Å². The third-order valence-electron chi connectivity index (χ3n) is 8.43. The second kappa shape index (κ2) is 10.0. The summed E-state index contributed by atoms with van der Waals surface area (Å²) in [5.41, 5.74) is 0.783. The summed E-state index contributed by atoms with van der Waals surface area (Å²) in [5.74, 6) is -0.867. The highest BCUT2D eigenvalue weighted by atomic mass is 32.1. The van der Waals surface area contributed by atoms with Gasteiger partial charge in [0.05, 0.1) is 35.4 Å². The molecule has 3 aromatic heterocycles. The summed E-state index contributed by atoms with van der Waals surface area (Å²) >= 11 is 0.870. The van der Waals surface area contributed by atoms with Gasteiger partial charge in [-0.1, -0.05) is 0 Å². The highest BCUT2D eigenvalue weighted by Crippen LogP contribution is 2.46. The van der Waals surface area contributed by atoms with Crippen LogP contribution in [0.1, 0.15) is 50.3 Å². The summed E-state index contributed by atoms with van der Waals surface area (Å²) in [6, 6.07) is 2.74. The summed E-state index contributed by atoms with van der Waals surface area (Å²) in [6.45, 7) is 7.22. The number of nitriles is 1. The molecule has 2 unspecified atom stereocenters. The van der Waals surface area contributed by atoms with Gasteiger partial charge in [0.1, 0.15) is 22.2 Å². The van der Waals surface area contributed by atoms with E-state index in [1.807, 2.05) is 0 Å². The lowest BCUT2D eigenvalue weighted by Crippen LogP contribution is -2.35. The Morgan fingerprint density at radius 2 is 1.93 bits per heavy atom. The molecule has 1 N–H and O–H groups in total. The number of fused-ring (bicyclic) bond motifs is 5. The van der Waals surface area contributed by atoms with E-state index in [1.54, 1.807) is 27.0 Å². The zero-order chi connectivity index (χ0) is 30.2. The molecule has 0 radical (unpaired) electrons. The van der Waals surface area contributed by atoms with Crippen LogP contribution >= 0.6 is 11.3 Å². The van der Waals surface area contributed by atoms with Crippen LogP contribution in [0.15, 0.2) is 12.4 Å². The summed E-state index contributed by atoms with van der Waals surface area (Å²) in [7, 11) is 2.12. The number of pyridine rings is 1. The van der Waals surface area contributed by atoms with Crippen molar-refractivity contribution < 1.29 is 23.0 Å². The van der Waals surface area contributed by atoms with Crippen LogP contribution in [0.5, 0.6) is 0 Å². The minimum atomic E-state index is -0.793. The molecule has 43 heavy (non-hydrogen) atoms. The maximum absolute atomic E-state index is 16.8. The van der Waals surface area contributed by atoms with Gasteiger partial charge in [-0.25, -0.2) is 23.5 Å². The van der Waals surface area contributed by atoms with E-state index in [4.69, 9.17) is 14.5 Å². The summed E-state index contributed by atoms with van der Waals surface area (Å²) in [5, 5.41) is 13.5. The summed E-state index contributed by atoms with van der Waals surface area (Å²) in [6.07, 6.45) is 3.84. The first-order chi connectivity index (χ1) is 20.6. The number of hydrogen-bond acceptors (Lipinski definition) is 10. The molecule has 4 aromatic rings. The maximum Gasteiger partial charge on any atom is 0.412 e. The number of rotatable bonds is 3. The molecule has 1 aromatic carbocycles. The Morgan fingerprint density at radius 1 is 1.16 bits per heavy atom. The molecule has 10 nitrogen and oxygen atoms in total. The normalized spacial score (nSPS) is 20.1. The topological polar surface area (TPSA) is 116 Å². The molecule has 6 heterocycles. The average molecular weight is 606 g/mol. The zero-order valence-corrected chi connectivity index (χ0v) is 24.9. The molecule has 2 fully saturated rings. The number of carbonyl (C=O) groups excluding carboxylic acids is 1. The third-order valence-corrected chi connectivity index (χ3v) is 9.54. The first-order valence-electron chi connectivity index (χ1n) is 14.1. The average Bonchev–Trinajstić information content (AvgIpc) is 3.73. The SMILES string of the molecule is CN1CCC2C1CCN2c1ncc2c3c(c(-c4ncc(F)c5sc(NC(=O)OC(C)(C)C)c(C#N)c45)c(F)c2n1)COC3. The largest absolute Gasteiger partial charge is 0.444 e. The van der Waals surface area contributed by atoms with E-state index in [-0.39, 0.29) is 56.7 Å². The number of anilines is 2. The summed E-state index contributed by atoms with van der Waals surface area (Å²) in [4.78, 5) is 30.8. The van der Waals surface area contributed by atoms with Gasteiger partial charge >= 0.3 is 6.09 Å². The number of benzene rings is 1. The van der Waals surface area contributed by atoms with Gasteiger partial charge in [-0.15, -0.1) is 11.3 Å². The van der Waals surface area contributed by atoms with Crippen LogP contribution in [0.2, 0.25) is 0 Å². The smallest absolute Gasteiger partial charge is 0.412 e. The number of nitrogens with one attached hydrogen (secondary N) is 1. The monoisotopic (exact) mass is 605 g/mol. The Hall–Kier alpha value is -3.99. The number of amides is 1. The molecule has 1 amide bonds. The third kappa shape index (κ3) is 4.47. The first kappa shape index (κ1) is 27.8. The molecular formula is C30H29F2N7O3S. The van der Waals surface area contributed by atoms with Gasteiger partial charge in [0.25, 0.3) is 0 Å². The number of likely N-dealkylation sites (tertiary alicyclic amines) is 1. The van der Waals surface area contributed by atoms with Gasteiger partial charge in [0.15, 0.2) is 11.6 Å². The fourth-order valence-electron chi connectivity index (χ4n) is 6.59. The Bertz CT molecular complexity index is 1870. The second-order valence-electron chi connectivity index (χ2n) is 12.2.